The molecule has 1 atom stereocenters. The van der Waals surface area contributed by atoms with Crippen LogP contribution < -0.4 is 5.32 Å². The van der Waals surface area contributed by atoms with Crippen LogP contribution in [0.4, 0.5) is 18.0 Å². The van der Waals surface area contributed by atoms with Crippen LogP contribution in [0.3, 0.4) is 0 Å². The topological polar surface area (TPSA) is 96.0 Å². The number of morpholine rings is 1. The van der Waals surface area contributed by atoms with Gasteiger partial charge in [0.15, 0.2) is 0 Å². The normalized spacial score (nSPS) is 25.3. The Hall–Kier alpha value is -2.34. The summed E-state index contributed by atoms with van der Waals surface area (Å²) in [6.45, 7) is 2.86. The van der Waals surface area contributed by atoms with Crippen molar-refractivity contribution in [3.63, 3.8) is 0 Å². The fraction of sp³-hybridized carbons (Fsp3) is 0.652. The highest BCUT2D eigenvalue weighted by atomic mass is 32.2. The highest BCUT2D eigenvalue weighted by molar-refractivity contribution is 7.92. The summed E-state index contributed by atoms with van der Waals surface area (Å²) in [5.74, 6) is 0.318. The Balaban J connectivity index is 1.07. The summed E-state index contributed by atoms with van der Waals surface area (Å²) in [4.78, 5) is 27.2. The van der Waals surface area contributed by atoms with Crippen molar-refractivity contribution < 1.29 is 35.9 Å². The van der Waals surface area contributed by atoms with Crippen molar-refractivity contribution in [3.05, 3.63) is 29.8 Å². The molecule has 1 aromatic rings. The van der Waals surface area contributed by atoms with Crippen LogP contribution in [0.5, 0.6) is 0 Å². The number of likely N-dealkylation sites (tertiary alicyclic amines) is 2. The SMILES string of the molecule is O=C1COCC2(CN(C(=O)N3CC4(CCC(CCc5ccc(S(=O)(=O)C(F)(F)F)cc5)C4)C3)C2)N1. The summed E-state index contributed by atoms with van der Waals surface area (Å²) >= 11 is 0. The van der Waals surface area contributed by atoms with E-state index in [1.165, 1.54) is 12.1 Å². The molecule has 0 bridgehead atoms. The molecule has 1 aromatic carbocycles. The number of sulfone groups is 1. The number of carbonyl (C=O) groups is 2. The zero-order valence-electron chi connectivity index (χ0n) is 19.1. The van der Waals surface area contributed by atoms with E-state index < -0.39 is 25.8 Å². The first-order valence-corrected chi connectivity index (χ1v) is 13.2. The number of nitrogens with one attached hydrogen (secondary N) is 1. The summed E-state index contributed by atoms with van der Waals surface area (Å²) in [5.41, 5.74) is -4.80. The van der Waals surface area contributed by atoms with Gasteiger partial charge in [0.1, 0.15) is 6.61 Å². The van der Waals surface area contributed by atoms with Gasteiger partial charge in [-0.25, -0.2) is 13.2 Å². The Labute approximate surface area is 201 Å². The van der Waals surface area contributed by atoms with Gasteiger partial charge in [-0.2, -0.15) is 13.2 Å². The fourth-order valence-corrected chi connectivity index (χ4v) is 6.76. The van der Waals surface area contributed by atoms with Gasteiger partial charge in [-0.05, 0) is 55.7 Å². The van der Waals surface area contributed by atoms with E-state index >= 15 is 0 Å². The molecule has 5 rings (SSSR count). The average Bonchev–Trinajstić information content (AvgIpc) is 3.19. The van der Waals surface area contributed by atoms with E-state index in [2.05, 4.69) is 5.32 Å². The number of ether oxygens (including phenoxy) is 1. The van der Waals surface area contributed by atoms with Crippen LogP contribution >= 0.6 is 0 Å². The lowest BCUT2D eigenvalue weighted by molar-refractivity contribution is -0.142. The zero-order chi connectivity index (χ0) is 25.1. The molecule has 1 N–H and O–H groups in total. The molecule has 12 heteroatoms. The molecule has 4 fully saturated rings. The number of amides is 3. The molecule has 3 amide bonds. The molecule has 1 aliphatic carbocycles. The molecule has 3 aliphatic heterocycles. The number of urea groups is 1. The number of aryl methyl sites for hydroxylation is 1. The van der Waals surface area contributed by atoms with Crippen molar-refractivity contribution in [3.8, 4) is 0 Å². The van der Waals surface area contributed by atoms with Crippen molar-refractivity contribution >= 4 is 21.8 Å². The van der Waals surface area contributed by atoms with E-state index in [0.717, 1.165) is 56.5 Å². The van der Waals surface area contributed by atoms with Gasteiger partial charge in [0.05, 0.1) is 17.0 Å². The first-order valence-electron chi connectivity index (χ1n) is 11.7. The highest BCUT2D eigenvalue weighted by Gasteiger charge is 2.54. The third-order valence-corrected chi connectivity index (χ3v) is 9.28. The minimum atomic E-state index is -5.32. The molecule has 8 nitrogen and oxygen atoms in total. The van der Waals surface area contributed by atoms with E-state index in [4.69, 9.17) is 4.74 Å². The first kappa shape index (κ1) is 24.4. The van der Waals surface area contributed by atoms with Crippen LogP contribution in [-0.2, 0) is 25.8 Å². The highest BCUT2D eigenvalue weighted by Crippen LogP contribution is 2.50. The predicted molar refractivity (Wildman–Crippen MR) is 118 cm³/mol. The Kier molecular flexibility index (Phi) is 5.82. The number of carbonyl (C=O) groups excluding carboxylic acids is 2. The van der Waals surface area contributed by atoms with Gasteiger partial charge >= 0.3 is 11.5 Å². The second kappa shape index (κ2) is 8.36. The smallest absolute Gasteiger partial charge is 0.369 e. The molecule has 2 spiro atoms. The van der Waals surface area contributed by atoms with E-state index in [0.29, 0.717) is 32.0 Å². The number of hydrogen-bond acceptors (Lipinski definition) is 5. The van der Waals surface area contributed by atoms with Gasteiger partial charge in [-0.1, -0.05) is 12.1 Å². The van der Waals surface area contributed by atoms with Crippen molar-refractivity contribution in [1.82, 2.24) is 15.1 Å². The van der Waals surface area contributed by atoms with E-state index in [9.17, 15) is 31.2 Å². The summed E-state index contributed by atoms with van der Waals surface area (Å²) in [6.07, 6.45) is 4.62. The molecular weight excluding hydrogens is 487 g/mol. The number of nitrogens with zero attached hydrogens (tertiary/aromatic N) is 2. The van der Waals surface area contributed by atoms with Gasteiger partial charge in [0, 0.05) is 31.6 Å². The predicted octanol–water partition coefficient (Wildman–Crippen LogP) is 2.34. The average molecular weight is 516 g/mol. The maximum absolute atomic E-state index is 12.8. The van der Waals surface area contributed by atoms with E-state index in [-0.39, 0.29) is 24.0 Å². The first-order chi connectivity index (χ1) is 16.4. The maximum atomic E-state index is 12.8. The van der Waals surface area contributed by atoms with Gasteiger partial charge in [0.2, 0.25) is 5.91 Å². The van der Waals surface area contributed by atoms with Crippen molar-refractivity contribution in [1.29, 1.82) is 0 Å². The number of benzene rings is 1. The van der Waals surface area contributed by atoms with Crippen LogP contribution in [0, 0.1) is 11.3 Å². The van der Waals surface area contributed by atoms with Crippen molar-refractivity contribution in [2.75, 3.05) is 39.4 Å². The molecule has 3 saturated heterocycles. The van der Waals surface area contributed by atoms with E-state index in [1.54, 1.807) is 4.90 Å². The molecule has 4 aliphatic rings. The van der Waals surface area contributed by atoms with E-state index in [1.807, 2.05) is 4.90 Å². The lowest BCUT2D eigenvalue weighted by Crippen LogP contribution is -2.77. The summed E-state index contributed by atoms with van der Waals surface area (Å²) in [5, 5.41) is 2.93. The second-order valence-corrected chi connectivity index (χ2v) is 12.5. The van der Waals surface area contributed by atoms with Crippen LogP contribution in [0.15, 0.2) is 29.2 Å². The summed E-state index contributed by atoms with van der Waals surface area (Å²) < 4.78 is 66.4. The van der Waals surface area contributed by atoms with Gasteiger partial charge in [0.25, 0.3) is 9.84 Å². The maximum Gasteiger partial charge on any atom is 0.501 e. The van der Waals surface area contributed by atoms with Gasteiger partial charge < -0.3 is 19.9 Å². The quantitative estimate of drug-likeness (QED) is 0.664. The monoisotopic (exact) mass is 515 g/mol. The largest absolute Gasteiger partial charge is 0.501 e. The van der Waals surface area contributed by atoms with Crippen molar-refractivity contribution in [2.45, 2.75) is 48.0 Å². The molecule has 0 aromatic heterocycles. The van der Waals surface area contributed by atoms with Gasteiger partial charge in [-0.15, -0.1) is 0 Å². The van der Waals surface area contributed by atoms with Crippen LogP contribution in [-0.4, -0.2) is 80.6 Å². The molecule has 1 saturated carbocycles. The third kappa shape index (κ3) is 4.50. The fourth-order valence-electron chi connectivity index (χ4n) is 6.00. The number of alkyl halides is 3. The minimum absolute atomic E-state index is 0.00146. The summed E-state index contributed by atoms with van der Waals surface area (Å²) in [7, 11) is -5.32. The van der Waals surface area contributed by atoms with Gasteiger partial charge in [-0.3, -0.25) is 4.79 Å². The third-order valence-electron chi connectivity index (χ3n) is 7.78. The molecule has 3 heterocycles. The second-order valence-electron chi connectivity index (χ2n) is 10.6. The number of hydrogen-bond donors (Lipinski definition) is 1. The van der Waals surface area contributed by atoms with Crippen LogP contribution in [0.2, 0.25) is 0 Å². The Morgan fingerprint density at radius 2 is 1.77 bits per heavy atom. The molecule has 0 radical (unpaired) electrons. The standard InChI is InChI=1S/C23H28F3N3O5S/c24-23(25,26)35(32,33)18-5-3-16(4-6-18)1-2-17-7-8-21(9-17)11-28(12-21)20(31)29-13-22(14-29)15-34-10-19(30)27-22/h3-6,17H,1-2,7-15H2,(H,27,30). The number of halogens is 3. The molecule has 1 unspecified atom stereocenters. The van der Waals surface area contributed by atoms with Crippen molar-refractivity contribution in [2.24, 2.45) is 11.3 Å². The minimum Gasteiger partial charge on any atom is -0.369 e. The molecular formula is C23H28F3N3O5S. The number of rotatable bonds is 4. The lowest BCUT2D eigenvalue weighted by Gasteiger charge is -2.56. The van der Waals surface area contributed by atoms with Crippen LogP contribution in [0.1, 0.15) is 31.2 Å². The lowest BCUT2D eigenvalue weighted by atomic mass is 9.77. The Bertz CT molecular complexity index is 1110. The zero-order valence-corrected chi connectivity index (χ0v) is 20.0. The molecule has 35 heavy (non-hydrogen) atoms. The Morgan fingerprint density at radius 3 is 2.40 bits per heavy atom. The summed E-state index contributed by atoms with van der Waals surface area (Å²) in [6, 6.07) is 4.95. The Morgan fingerprint density at radius 1 is 1.11 bits per heavy atom. The van der Waals surface area contributed by atoms with Crippen LogP contribution in [0.25, 0.3) is 0 Å². The molecule has 192 valence electrons.